The van der Waals surface area contributed by atoms with Gasteiger partial charge in [0.05, 0.1) is 19.1 Å². The van der Waals surface area contributed by atoms with Gasteiger partial charge < -0.3 is 15.0 Å². The first-order valence-electron chi connectivity index (χ1n) is 6.49. The fourth-order valence-electron chi connectivity index (χ4n) is 2.40. The van der Waals surface area contributed by atoms with Crippen molar-refractivity contribution in [2.75, 3.05) is 27.3 Å². The monoisotopic (exact) mass is 242 g/mol. The predicted octanol–water partition coefficient (Wildman–Crippen LogP) is 1.11. The Morgan fingerprint density at radius 2 is 2.06 bits per heavy atom. The van der Waals surface area contributed by atoms with Gasteiger partial charge in [-0.15, -0.1) is 0 Å². The van der Waals surface area contributed by atoms with Gasteiger partial charge in [0, 0.05) is 19.1 Å². The van der Waals surface area contributed by atoms with Gasteiger partial charge in [0.15, 0.2) is 0 Å². The minimum absolute atomic E-state index is 0.0281. The molecule has 0 aromatic carbocycles. The molecule has 1 amide bonds. The number of nitrogens with zero attached hydrogens (tertiary/aromatic N) is 1. The van der Waals surface area contributed by atoms with Crippen molar-refractivity contribution in [3.63, 3.8) is 0 Å². The van der Waals surface area contributed by atoms with Crippen LogP contribution in [0.4, 0.5) is 0 Å². The highest BCUT2D eigenvalue weighted by atomic mass is 16.5. The lowest BCUT2D eigenvalue weighted by Gasteiger charge is -2.30. The van der Waals surface area contributed by atoms with Crippen LogP contribution in [0, 0.1) is 11.8 Å². The Balaban J connectivity index is 2.56. The van der Waals surface area contributed by atoms with Gasteiger partial charge in [0.1, 0.15) is 0 Å². The largest absolute Gasteiger partial charge is 0.379 e. The van der Waals surface area contributed by atoms with Crippen LogP contribution in [0.15, 0.2) is 0 Å². The molecule has 0 bridgehead atoms. The van der Waals surface area contributed by atoms with Crippen molar-refractivity contribution in [2.45, 2.75) is 39.3 Å². The highest BCUT2D eigenvalue weighted by Gasteiger charge is 2.35. The fourth-order valence-corrected chi connectivity index (χ4v) is 2.40. The summed E-state index contributed by atoms with van der Waals surface area (Å²) >= 11 is 0. The number of hydrogen-bond acceptors (Lipinski definition) is 3. The van der Waals surface area contributed by atoms with Gasteiger partial charge in [-0.1, -0.05) is 13.8 Å². The zero-order chi connectivity index (χ0) is 13.0. The van der Waals surface area contributed by atoms with Crippen molar-refractivity contribution in [1.82, 2.24) is 10.2 Å². The first-order valence-corrected chi connectivity index (χ1v) is 6.49. The van der Waals surface area contributed by atoms with Crippen molar-refractivity contribution >= 4 is 5.91 Å². The quantitative estimate of drug-likeness (QED) is 0.785. The van der Waals surface area contributed by atoms with Gasteiger partial charge in [0.2, 0.25) is 5.91 Å². The molecule has 1 N–H and O–H groups in total. The Hall–Kier alpha value is -0.610. The van der Waals surface area contributed by atoms with Crippen molar-refractivity contribution < 1.29 is 9.53 Å². The number of ether oxygens (including phenoxy) is 1. The molecule has 1 aliphatic rings. The minimum atomic E-state index is -0.0281. The summed E-state index contributed by atoms with van der Waals surface area (Å²) in [5.41, 5.74) is 0. The second-order valence-electron chi connectivity index (χ2n) is 5.47. The fraction of sp³-hybridized carbons (Fsp3) is 0.923. The van der Waals surface area contributed by atoms with E-state index in [1.165, 1.54) is 0 Å². The molecule has 1 aliphatic heterocycles. The van der Waals surface area contributed by atoms with Crippen LogP contribution in [-0.2, 0) is 9.53 Å². The van der Waals surface area contributed by atoms with E-state index in [9.17, 15) is 4.79 Å². The number of carbonyl (C=O) groups is 1. The lowest BCUT2D eigenvalue weighted by molar-refractivity contribution is -0.136. The van der Waals surface area contributed by atoms with Crippen LogP contribution in [0.1, 0.15) is 27.2 Å². The van der Waals surface area contributed by atoms with Crippen LogP contribution >= 0.6 is 0 Å². The van der Waals surface area contributed by atoms with Crippen molar-refractivity contribution in [3.05, 3.63) is 0 Å². The van der Waals surface area contributed by atoms with E-state index in [1.54, 1.807) is 0 Å². The summed E-state index contributed by atoms with van der Waals surface area (Å²) in [5, 5.41) is 3.16. The Labute approximate surface area is 105 Å². The molecule has 1 fully saturated rings. The lowest BCUT2D eigenvalue weighted by Crippen LogP contribution is -2.46. The summed E-state index contributed by atoms with van der Waals surface area (Å²) < 4.78 is 5.38. The molecule has 1 saturated heterocycles. The van der Waals surface area contributed by atoms with Crippen molar-refractivity contribution in [2.24, 2.45) is 11.8 Å². The summed E-state index contributed by atoms with van der Waals surface area (Å²) in [6.07, 6.45) is 1.04. The molecule has 3 atom stereocenters. The third kappa shape index (κ3) is 3.68. The highest BCUT2D eigenvalue weighted by Crippen LogP contribution is 2.19. The first-order chi connectivity index (χ1) is 7.97. The molecule has 0 spiro atoms. The van der Waals surface area contributed by atoms with E-state index in [1.807, 2.05) is 19.0 Å². The number of amides is 1. The van der Waals surface area contributed by atoms with Crippen LogP contribution in [0.3, 0.4) is 0 Å². The Kier molecular flexibility index (Phi) is 5.40. The normalized spacial score (nSPS) is 26.2. The third-order valence-electron chi connectivity index (χ3n) is 3.59. The SMILES string of the molecule is CNC1COCC1C(=O)N(C)C(C)CC(C)C. The summed E-state index contributed by atoms with van der Waals surface area (Å²) in [7, 11) is 3.79. The van der Waals surface area contributed by atoms with Crippen LogP contribution in [-0.4, -0.2) is 50.2 Å². The number of nitrogens with one attached hydrogen (secondary N) is 1. The van der Waals surface area contributed by atoms with Gasteiger partial charge in [-0.25, -0.2) is 0 Å². The number of carbonyl (C=O) groups excluding carboxylic acids is 1. The Morgan fingerprint density at radius 3 is 2.59 bits per heavy atom. The van der Waals surface area contributed by atoms with Gasteiger partial charge >= 0.3 is 0 Å². The average molecular weight is 242 g/mol. The minimum Gasteiger partial charge on any atom is -0.379 e. The van der Waals surface area contributed by atoms with Gasteiger partial charge in [-0.05, 0) is 26.3 Å². The maximum absolute atomic E-state index is 12.3. The molecule has 3 unspecified atom stereocenters. The van der Waals surface area contributed by atoms with E-state index in [2.05, 4.69) is 26.1 Å². The van der Waals surface area contributed by atoms with Crippen molar-refractivity contribution in [1.29, 1.82) is 0 Å². The third-order valence-corrected chi connectivity index (χ3v) is 3.59. The maximum Gasteiger partial charge on any atom is 0.229 e. The van der Waals surface area contributed by atoms with E-state index < -0.39 is 0 Å². The molecule has 4 nitrogen and oxygen atoms in total. The molecule has 0 aromatic heterocycles. The standard InChI is InChI=1S/C13H26N2O2/c1-9(2)6-10(3)15(5)13(16)11-7-17-8-12(11)14-4/h9-12,14H,6-8H2,1-5H3. The maximum atomic E-state index is 12.3. The molecule has 4 heteroatoms. The van der Waals surface area contributed by atoms with E-state index in [-0.39, 0.29) is 17.9 Å². The van der Waals surface area contributed by atoms with E-state index >= 15 is 0 Å². The van der Waals surface area contributed by atoms with Gasteiger partial charge in [-0.3, -0.25) is 4.79 Å². The molecule has 0 aliphatic carbocycles. The second kappa shape index (κ2) is 6.36. The zero-order valence-corrected chi connectivity index (χ0v) is 11.7. The number of hydrogen-bond donors (Lipinski definition) is 1. The average Bonchev–Trinajstić information content (AvgIpc) is 2.73. The zero-order valence-electron chi connectivity index (χ0n) is 11.7. The summed E-state index contributed by atoms with van der Waals surface area (Å²) in [6, 6.07) is 0.455. The number of likely N-dealkylation sites (N-methyl/N-ethyl adjacent to an activating group) is 1. The molecule has 17 heavy (non-hydrogen) atoms. The number of rotatable bonds is 5. The van der Waals surface area contributed by atoms with Crippen LogP contribution in [0.2, 0.25) is 0 Å². The van der Waals surface area contributed by atoms with Crippen LogP contribution in [0.5, 0.6) is 0 Å². The molecule has 0 saturated carbocycles. The second-order valence-corrected chi connectivity index (χ2v) is 5.47. The van der Waals surface area contributed by atoms with Crippen LogP contribution < -0.4 is 5.32 Å². The molecule has 0 radical (unpaired) electrons. The summed E-state index contributed by atoms with van der Waals surface area (Å²) in [5.74, 6) is 0.787. The van der Waals surface area contributed by atoms with E-state index in [4.69, 9.17) is 4.74 Å². The summed E-state index contributed by atoms with van der Waals surface area (Å²) in [4.78, 5) is 14.2. The predicted molar refractivity (Wildman–Crippen MR) is 68.8 cm³/mol. The molecular formula is C13H26N2O2. The van der Waals surface area contributed by atoms with E-state index in [0.717, 1.165) is 6.42 Å². The smallest absolute Gasteiger partial charge is 0.229 e. The molecule has 100 valence electrons. The Bertz CT molecular complexity index is 256. The summed E-state index contributed by atoms with van der Waals surface area (Å²) in [6.45, 7) is 7.66. The molecule has 1 rings (SSSR count). The topological polar surface area (TPSA) is 41.6 Å². The van der Waals surface area contributed by atoms with Gasteiger partial charge in [-0.2, -0.15) is 0 Å². The molecule has 0 aromatic rings. The molecule has 1 heterocycles. The van der Waals surface area contributed by atoms with Crippen molar-refractivity contribution in [3.8, 4) is 0 Å². The van der Waals surface area contributed by atoms with E-state index in [0.29, 0.717) is 25.2 Å². The van der Waals surface area contributed by atoms with Crippen LogP contribution in [0.25, 0.3) is 0 Å². The van der Waals surface area contributed by atoms with Gasteiger partial charge in [0.25, 0.3) is 0 Å². The Morgan fingerprint density at radius 1 is 1.41 bits per heavy atom. The lowest BCUT2D eigenvalue weighted by atomic mass is 9.99. The first kappa shape index (κ1) is 14.5. The molecular weight excluding hydrogens is 216 g/mol. The highest BCUT2D eigenvalue weighted by molar-refractivity contribution is 5.80.